The summed E-state index contributed by atoms with van der Waals surface area (Å²) >= 11 is 0. The predicted octanol–water partition coefficient (Wildman–Crippen LogP) is 5.40. The Labute approximate surface area is 221 Å². The molecule has 0 saturated carbocycles. The fourth-order valence-corrected chi connectivity index (χ4v) is 5.22. The summed E-state index contributed by atoms with van der Waals surface area (Å²) in [5.74, 6) is 0.0497. The van der Waals surface area contributed by atoms with E-state index in [0.29, 0.717) is 36.0 Å². The van der Waals surface area contributed by atoms with Crippen LogP contribution in [0.15, 0.2) is 42.6 Å². The van der Waals surface area contributed by atoms with Gasteiger partial charge in [-0.05, 0) is 69.3 Å². The van der Waals surface area contributed by atoms with E-state index in [1.165, 1.54) is 6.07 Å². The summed E-state index contributed by atoms with van der Waals surface area (Å²) in [5, 5.41) is 16.1. The molecule has 4 aromatic rings. The first-order chi connectivity index (χ1) is 18.3. The third-order valence-electron chi connectivity index (χ3n) is 7.16. The van der Waals surface area contributed by atoms with Crippen molar-refractivity contribution in [1.29, 1.82) is 0 Å². The highest BCUT2D eigenvalue weighted by Crippen LogP contribution is 2.39. The van der Waals surface area contributed by atoms with E-state index in [9.17, 15) is 14.5 Å². The summed E-state index contributed by atoms with van der Waals surface area (Å²) in [6.07, 6.45) is 4.27. The number of nitrogens with zero attached hydrogens (tertiary/aromatic N) is 6. The predicted molar refractivity (Wildman–Crippen MR) is 149 cm³/mol. The van der Waals surface area contributed by atoms with Gasteiger partial charge in [-0.15, -0.1) is 0 Å². The largest absolute Gasteiger partial charge is 0.368 e. The average Bonchev–Trinajstić information content (AvgIpc) is 3.47. The highest BCUT2D eigenvalue weighted by molar-refractivity contribution is 5.97. The number of halogens is 1. The number of anilines is 3. The third-order valence-corrected chi connectivity index (χ3v) is 7.16. The van der Waals surface area contributed by atoms with Crippen LogP contribution in [-0.4, -0.2) is 58.6 Å². The van der Waals surface area contributed by atoms with Crippen LogP contribution in [0.1, 0.15) is 24.6 Å². The summed E-state index contributed by atoms with van der Waals surface area (Å²) in [4.78, 5) is 24.8. The number of hydrogen-bond donors (Lipinski definition) is 1. The minimum absolute atomic E-state index is 0.0221. The Morgan fingerprint density at radius 2 is 1.97 bits per heavy atom. The van der Waals surface area contributed by atoms with Crippen LogP contribution in [0.2, 0.25) is 0 Å². The van der Waals surface area contributed by atoms with E-state index >= 15 is 0 Å². The normalized spacial score (nSPS) is 12.8. The molecule has 0 fully saturated rings. The maximum absolute atomic E-state index is 14.2. The molecule has 1 aliphatic rings. The molecule has 38 heavy (non-hydrogen) atoms. The molecule has 9 nitrogen and oxygen atoms in total. The van der Waals surface area contributed by atoms with Gasteiger partial charge in [-0.2, -0.15) is 0 Å². The monoisotopic (exact) mass is 517 g/mol. The van der Waals surface area contributed by atoms with Crippen LogP contribution in [0.25, 0.3) is 22.2 Å². The minimum Gasteiger partial charge on any atom is -0.368 e. The van der Waals surface area contributed by atoms with Gasteiger partial charge in [-0.3, -0.25) is 10.1 Å². The first-order valence-electron chi connectivity index (χ1n) is 12.8. The SMILES string of the molecule is CCc1cc(N(C)CCN(C)C)c([N+](=O)[O-])cc1Nc1nccc(-c2c3n(c4ccc(F)cc24)CCC3)n1. The second-order valence-corrected chi connectivity index (χ2v) is 9.96. The van der Waals surface area contributed by atoms with Crippen molar-refractivity contribution in [3.05, 3.63) is 69.8 Å². The molecule has 5 rings (SSSR count). The lowest BCUT2D eigenvalue weighted by Gasteiger charge is -2.23. The van der Waals surface area contributed by atoms with Gasteiger partial charge in [0.05, 0.1) is 16.3 Å². The fraction of sp³-hybridized carbons (Fsp3) is 0.357. The summed E-state index contributed by atoms with van der Waals surface area (Å²) in [6.45, 7) is 4.34. The minimum atomic E-state index is -0.353. The van der Waals surface area contributed by atoms with Crippen LogP contribution in [0.3, 0.4) is 0 Å². The molecule has 0 amide bonds. The van der Waals surface area contributed by atoms with E-state index < -0.39 is 0 Å². The zero-order chi connectivity index (χ0) is 27.0. The fourth-order valence-electron chi connectivity index (χ4n) is 5.22. The molecule has 2 aromatic carbocycles. The standard InChI is InChI=1S/C28H32FN7O2/c1-5-18-15-25(34(4)14-13-33(2)3)26(36(37)38)17-22(18)32-28-30-11-10-21(31-28)27-20-16-19(29)8-9-23(20)35-12-6-7-24(27)35/h8-11,15-17H,5-7,12-14H2,1-4H3,(H,30,31,32). The Morgan fingerprint density at radius 3 is 2.71 bits per heavy atom. The number of nitro groups is 1. The van der Waals surface area contributed by atoms with Crippen LogP contribution in [0.4, 0.5) is 27.4 Å². The smallest absolute Gasteiger partial charge is 0.294 e. The van der Waals surface area contributed by atoms with Crippen molar-refractivity contribution in [3.63, 3.8) is 0 Å². The van der Waals surface area contributed by atoms with Crippen molar-refractivity contribution in [2.75, 3.05) is 44.4 Å². The maximum atomic E-state index is 14.2. The Balaban J connectivity index is 1.53. The molecule has 0 spiro atoms. The molecule has 10 heteroatoms. The summed E-state index contributed by atoms with van der Waals surface area (Å²) in [6, 6.07) is 10.2. The lowest BCUT2D eigenvalue weighted by molar-refractivity contribution is -0.384. The molecule has 0 aliphatic carbocycles. The van der Waals surface area contributed by atoms with E-state index in [1.807, 2.05) is 56.1 Å². The average molecular weight is 518 g/mol. The van der Waals surface area contributed by atoms with E-state index in [0.717, 1.165) is 53.7 Å². The van der Waals surface area contributed by atoms with Gasteiger partial charge in [0.25, 0.3) is 5.69 Å². The summed E-state index contributed by atoms with van der Waals surface area (Å²) < 4.78 is 16.4. The summed E-state index contributed by atoms with van der Waals surface area (Å²) in [5.41, 5.74) is 5.88. The number of likely N-dealkylation sites (N-methyl/N-ethyl adjacent to an activating group) is 2. The molecule has 1 N–H and O–H groups in total. The van der Waals surface area contributed by atoms with Gasteiger partial charge in [0.2, 0.25) is 5.95 Å². The molecular weight excluding hydrogens is 485 g/mol. The number of aromatic nitrogens is 3. The van der Waals surface area contributed by atoms with Crippen molar-refractivity contribution >= 4 is 33.9 Å². The zero-order valence-corrected chi connectivity index (χ0v) is 22.2. The first-order valence-corrected chi connectivity index (χ1v) is 12.8. The van der Waals surface area contributed by atoms with Crippen molar-refractivity contribution in [2.24, 2.45) is 0 Å². The van der Waals surface area contributed by atoms with Gasteiger partial charge in [0.1, 0.15) is 11.5 Å². The third kappa shape index (κ3) is 4.79. The van der Waals surface area contributed by atoms with Gasteiger partial charge < -0.3 is 19.7 Å². The van der Waals surface area contributed by atoms with Crippen LogP contribution in [0.5, 0.6) is 0 Å². The molecule has 1 aliphatic heterocycles. The van der Waals surface area contributed by atoms with Crippen LogP contribution in [-0.2, 0) is 19.4 Å². The Kier molecular flexibility index (Phi) is 6.98. The number of rotatable bonds is 9. The number of fused-ring (bicyclic) bond motifs is 3. The van der Waals surface area contributed by atoms with Gasteiger partial charge in [0.15, 0.2) is 0 Å². The number of nitro benzene ring substituents is 1. The highest BCUT2D eigenvalue weighted by atomic mass is 19.1. The Hall–Kier alpha value is -4.05. The second kappa shape index (κ2) is 10.4. The van der Waals surface area contributed by atoms with Crippen molar-refractivity contribution in [3.8, 4) is 11.3 Å². The molecule has 2 aromatic heterocycles. The molecule has 0 atom stereocenters. The van der Waals surface area contributed by atoms with E-state index in [1.54, 1.807) is 18.3 Å². The van der Waals surface area contributed by atoms with Gasteiger partial charge >= 0.3 is 0 Å². The lowest BCUT2D eigenvalue weighted by Crippen LogP contribution is -2.29. The molecular formula is C28H32FN7O2. The Bertz CT molecular complexity index is 1520. The molecule has 0 unspecified atom stereocenters. The number of benzene rings is 2. The zero-order valence-electron chi connectivity index (χ0n) is 22.2. The molecule has 198 valence electrons. The molecule has 3 heterocycles. The van der Waals surface area contributed by atoms with Gasteiger partial charge in [-0.25, -0.2) is 14.4 Å². The van der Waals surface area contributed by atoms with Crippen LogP contribution >= 0.6 is 0 Å². The van der Waals surface area contributed by atoms with Crippen molar-refractivity contribution in [1.82, 2.24) is 19.4 Å². The quantitative estimate of drug-likeness (QED) is 0.235. The lowest BCUT2D eigenvalue weighted by atomic mass is 10.0. The second-order valence-electron chi connectivity index (χ2n) is 9.96. The van der Waals surface area contributed by atoms with Gasteiger partial charge in [0, 0.05) is 61.1 Å². The van der Waals surface area contributed by atoms with Gasteiger partial charge in [-0.1, -0.05) is 6.92 Å². The van der Waals surface area contributed by atoms with Crippen LogP contribution < -0.4 is 10.2 Å². The van der Waals surface area contributed by atoms with E-state index in [-0.39, 0.29) is 16.4 Å². The number of nitrogens with one attached hydrogen (secondary N) is 1. The van der Waals surface area contributed by atoms with Crippen LogP contribution in [0, 0.1) is 15.9 Å². The van der Waals surface area contributed by atoms with E-state index in [2.05, 4.69) is 14.9 Å². The molecule has 0 bridgehead atoms. The highest BCUT2D eigenvalue weighted by Gasteiger charge is 2.24. The Morgan fingerprint density at radius 1 is 1.16 bits per heavy atom. The molecule has 0 saturated heterocycles. The maximum Gasteiger partial charge on any atom is 0.294 e. The van der Waals surface area contributed by atoms with Crippen molar-refractivity contribution in [2.45, 2.75) is 32.7 Å². The number of hydrogen-bond acceptors (Lipinski definition) is 7. The summed E-state index contributed by atoms with van der Waals surface area (Å²) in [7, 11) is 5.82. The number of aryl methyl sites for hydroxylation is 2. The van der Waals surface area contributed by atoms with E-state index in [4.69, 9.17) is 4.98 Å². The topological polar surface area (TPSA) is 92.4 Å². The molecule has 0 radical (unpaired) electrons. The van der Waals surface area contributed by atoms with Crippen molar-refractivity contribution < 1.29 is 9.31 Å². The first kappa shape index (κ1) is 25.6.